The Morgan fingerprint density at radius 2 is 0.500 bits per heavy atom. The zero-order valence-electron chi connectivity index (χ0n) is 59.3. The van der Waals surface area contributed by atoms with Crippen molar-refractivity contribution in [2.24, 2.45) is 0 Å². The summed E-state index contributed by atoms with van der Waals surface area (Å²) in [5.41, 5.74) is 0. The van der Waals surface area contributed by atoms with Gasteiger partial charge in [0, 0.05) is 25.7 Å². The molecule has 0 fully saturated rings. The molecule has 17 nitrogen and oxygen atoms in total. The van der Waals surface area contributed by atoms with Gasteiger partial charge in [0.05, 0.1) is 26.4 Å². The third kappa shape index (κ3) is 66.4. The number of carbonyl (C=O) groups is 4. The number of unbranched alkanes of at least 4 members (excludes halogenated alkanes) is 45. The Balaban J connectivity index is 5.25. The van der Waals surface area contributed by atoms with Gasteiger partial charge in [-0.25, -0.2) is 9.13 Å². The quantitative estimate of drug-likeness (QED) is 0.0169. The first kappa shape index (κ1) is 89.8. The molecule has 0 rings (SSSR count). The number of aliphatic hydroxyl groups excluding tert-OH is 1. The highest BCUT2D eigenvalue weighted by Gasteiger charge is 2.30. The predicted octanol–water partition coefficient (Wildman–Crippen LogP) is 21.2. The van der Waals surface area contributed by atoms with Crippen molar-refractivity contribution in [3.8, 4) is 0 Å². The van der Waals surface area contributed by atoms with Gasteiger partial charge in [-0.05, 0) is 51.4 Å². The third-order valence-electron chi connectivity index (χ3n) is 16.8. The molecule has 0 amide bonds. The number of aliphatic hydroxyl groups is 1. The van der Waals surface area contributed by atoms with Crippen LogP contribution in [0.15, 0.2) is 12.2 Å². The summed E-state index contributed by atoms with van der Waals surface area (Å²) in [4.78, 5) is 72.7. The van der Waals surface area contributed by atoms with Crippen molar-refractivity contribution in [1.29, 1.82) is 0 Å². The SMILES string of the molecule is CCCCCC/C=C\CCCCCCCC(=O)OC(COC(=O)CCCCCCCCCCCCCCCCC)COP(=O)(O)OCC(O)COP(=O)(O)OCC(COC(=O)CCCCCCCCCCCCCCC)OC(=O)CCCCCCCCCCCCC. The molecule has 0 aliphatic rings. The minimum atomic E-state index is -4.96. The topological polar surface area (TPSA) is 237 Å². The van der Waals surface area contributed by atoms with Crippen molar-refractivity contribution >= 4 is 39.5 Å². The molecule has 0 bridgehead atoms. The smallest absolute Gasteiger partial charge is 0.462 e. The Morgan fingerprint density at radius 3 is 0.761 bits per heavy atom. The molecule has 0 aromatic heterocycles. The zero-order valence-corrected chi connectivity index (χ0v) is 61.1. The molecule has 5 unspecified atom stereocenters. The normalized spacial score (nSPS) is 14.0. The summed E-state index contributed by atoms with van der Waals surface area (Å²) in [6.07, 6.45) is 57.7. The Morgan fingerprint density at radius 1 is 0.293 bits per heavy atom. The minimum Gasteiger partial charge on any atom is -0.462 e. The molecule has 92 heavy (non-hydrogen) atoms. The number of rotatable bonds is 73. The van der Waals surface area contributed by atoms with Gasteiger partial charge in [-0.1, -0.05) is 310 Å². The lowest BCUT2D eigenvalue weighted by Crippen LogP contribution is -2.30. The highest BCUT2D eigenvalue weighted by atomic mass is 31.2. The van der Waals surface area contributed by atoms with E-state index < -0.39 is 97.5 Å². The molecule has 0 saturated carbocycles. The standard InChI is InChI=1S/C73H140O17P2/c1-5-9-13-17-21-25-29-32-33-36-39-42-46-50-54-58-71(76)84-64-69(90-73(78)60-56-52-48-44-40-35-31-27-23-19-15-11-7-3)66-88-92(81,82)86-62-67(74)61-85-91(79,80)87-65-68(89-72(77)59-55-51-47-43-37-28-24-20-16-12-8-4)63-83-70(75)57-53-49-45-41-38-34-30-26-22-18-14-10-6-2/h27,31,67-69,74H,5-26,28-30,32-66H2,1-4H3,(H,79,80)(H,81,82)/b31-27-. The maximum absolute atomic E-state index is 13.0. The summed E-state index contributed by atoms with van der Waals surface area (Å²) in [5.74, 6) is -2.13. The number of carbonyl (C=O) groups excluding carboxylic acids is 4. The fourth-order valence-electron chi connectivity index (χ4n) is 10.9. The average molecular weight is 1350 g/mol. The molecule has 19 heteroatoms. The van der Waals surface area contributed by atoms with Crippen molar-refractivity contribution in [3.63, 3.8) is 0 Å². The number of hydrogen-bond acceptors (Lipinski definition) is 15. The number of hydrogen-bond donors (Lipinski definition) is 3. The van der Waals surface area contributed by atoms with Gasteiger partial charge in [0.1, 0.15) is 19.3 Å². The number of ether oxygens (including phenoxy) is 4. The van der Waals surface area contributed by atoms with E-state index in [1.807, 2.05) is 0 Å². The van der Waals surface area contributed by atoms with E-state index in [2.05, 4.69) is 39.8 Å². The van der Waals surface area contributed by atoms with Crippen molar-refractivity contribution in [2.45, 2.75) is 393 Å². The predicted molar refractivity (Wildman–Crippen MR) is 372 cm³/mol. The van der Waals surface area contributed by atoms with E-state index in [-0.39, 0.29) is 25.7 Å². The summed E-state index contributed by atoms with van der Waals surface area (Å²) in [7, 11) is -9.91. The highest BCUT2D eigenvalue weighted by molar-refractivity contribution is 7.47. The van der Waals surface area contributed by atoms with Crippen LogP contribution in [0, 0.1) is 0 Å². The van der Waals surface area contributed by atoms with Crippen molar-refractivity contribution in [1.82, 2.24) is 0 Å². The fraction of sp³-hybridized carbons (Fsp3) is 0.918. The lowest BCUT2D eigenvalue weighted by Gasteiger charge is -2.21. The largest absolute Gasteiger partial charge is 0.472 e. The molecule has 0 saturated heterocycles. The van der Waals surface area contributed by atoms with Gasteiger partial charge in [0.25, 0.3) is 0 Å². The maximum Gasteiger partial charge on any atom is 0.472 e. The molecule has 0 aliphatic heterocycles. The Hall–Kier alpha value is -2.20. The van der Waals surface area contributed by atoms with Crippen LogP contribution >= 0.6 is 15.6 Å². The summed E-state index contributed by atoms with van der Waals surface area (Å²) in [6.45, 7) is 4.93. The van der Waals surface area contributed by atoms with Gasteiger partial charge in [-0.2, -0.15) is 0 Å². The lowest BCUT2D eigenvalue weighted by molar-refractivity contribution is -0.161. The van der Waals surface area contributed by atoms with E-state index in [0.717, 1.165) is 103 Å². The number of phosphoric ester groups is 2. The van der Waals surface area contributed by atoms with E-state index in [1.165, 1.54) is 193 Å². The average Bonchev–Trinajstić information content (AvgIpc) is 1.82. The first-order valence-electron chi connectivity index (χ1n) is 37.9. The van der Waals surface area contributed by atoms with Crippen LogP contribution in [0.25, 0.3) is 0 Å². The summed E-state index contributed by atoms with van der Waals surface area (Å²) >= 11 is 0. The second-order valence-electron chi connectivity index (χ2n) is 26.0. The Bertz CT molecular complexity index is 1800. The van der Waals surface area contributed by atoms with Crippen LogP contribution in [0.5, 0.6) is 0 Å². The Kier molecular flexibility index (Phi) is 65.8. The summed E-state index contributed by atoms with van der Waals surface area (Å²) in [5, 5.41) is 10.6. The number of phosphoric acid groups is 2. The van der Waals surface area contributed by atoms with E-state index >= 15 is 0 Å². The van der Waals surface area contributed by atoms with E-state index in [9.17, 15) is 43.2 Å². The molecule has 0 radical (unpaired) electrons. The molecular weight excluding hydrogens is 1210 g/mol. The zero-order chi connectivity index (χ0) is 67.5. The van der Waals surface area contributed by atoms with E-state index in [0.29, 0.717) is 25.7 Å². The van der Waals surface area contributed by atoms with Gasteiger partial charge in [-0.3, -0.25) is 37.3 Å². The molecule has 3 N–H and O–H groups in total. The number of esters is 4. The molecule has 0 aromatic rings. The number of allylic oxidation sites excluding steroid dienone is 2. The maximum atomic E-state index is 13.0. The van der Waals surface area contributed by atoms with Crippen LogP contribution in [0.2, 0.25) is 0 Å². The van der Waals surface area contributed by atoms with Crippen LogP contribution < -0.4 is 0 Å². The second-order valence-corrected chi connectivity index (χ2v) is 28.9. The fourth-order valence-corrected chi connectivity index (χ4v) is 12.5. The van der Waals surface area contributed by atoms with Crippen LogP contribution in [0.4, 0.5) is 0 Å². The van der Waals surface area contributed by atoms with Gasteiger partial charge >= 0.3 is 39.5 Å². The first-order chi connectivity index (χ1) is 44.7. The van der Waals surface area contributed by atoms with Crippen molar-refractivity contribution in [2.75, 3.05) is 39.6 Å². The van der Waals surface area contributed by atoms with Crippen LogP contribution in [-0.2, 0) is 65.4 Å². The van der Waals surface area contributed by atoms with Crippen LogP contribution in [-0.4, -0.2) is 96.7 Å². The highest BCUT2D eigenvalue weighted by Crippen LogP contribution is 2.45. The van der Waals surface area contributed by atoms with Crippen molar-refractivity contribution < 1.29 is 80.2 Å². The molecule has 0 aromatic carbocycles. The monoisotopic (exact) mass is 1350 g/mol. The molecule has 544 valence electrons. The minimum absolute atomic E-state index is 0.0947. The lowest BCUT2D eigenvalue weighted by atomic mass is 10.0. The third-order valence-corrected chi connectivity index (χ3v) is 18.7. The van der Waals surface area contributed by atoms with E-state index in [4.69, 9.17) is 37.0 Å². The van der Waals surface area contributed by atoms with Gasteiger partial charge in [0.15, 0.2) is 12.2 Å². The van der Waals surface area contributed by atoms with Crippen molar-refractivity contribution in [3.05, 3.63) is 12.2 Å². The van der Waals surface area contributed by atoms with Gasteiger partial charge < -0.3 is 33.8 Å². The molecule has 5 atom stereocenters. The Labute approximate surface area is 561 Å². The molecule has 0 aliphatic carbocycles. The molecular formula is C73H140O17P2. The molecule has 0 heterocycles. The van der Waals surface area contributed by atoms with Crippen LogP contribution in [0.3, 0.4) is 0 Å². The van der Waals surface area contributed by atoms with Gasteiger partial charge in [0.2, 0.25) is 0 Å². The summed E-state index contributed by atoms with van der Waals surface area (Å²) < 4.78 is 68.4. The first-order valence-corrected chi connectivity index (χ1v) is 40.9. The summed E-state index contributed by atoms with van der Waals surface area (Å²) in [6, 6.07) is 0. The molecule has 0 spiro atoms. The van der Waals surface area contributed by atoms with Gasteiger partial charge in [-0.15, -0.1) is 0 Å². The second kappa shape index (κ2) is 67.4. The van der Waals surface area contributed by atoms with Crippen LogP contribution in [0.1, 0.15) is 374 Å². The van der Waals surface area contributed by atoms with E-state index in [1.54, 1.807) is 0 Å².